The highest BCUT2D eigenvalue weighted by atomic mass is 35.5. The molecule has 0 aliphatic carbocycles. The average molecular weight is 285 g/mol. The second-order valence-corrected chi connectivity index (χ2v) is 5.70. The third kappa shape index (κ3) is 2.50. The van der Waals surface area contributed by atoms with Gasteiger partial charge in [0.15, 0.2) is 11.5 Å². The quantitative estimate of drug-likeness (QED) is 0.923. The van der Waals surface area contributed by atoms with Crippen LogP contribution in [0.5, 0.6) is 11.5 Å². The maximum absolute atomic E-state index is 11.2. The first-order chi connectivity index (χ1) is 8.86. The van der Waals surface area contributed by atoms with E-state index in [0.29, 0.717) is 29.5 Å². The lowest BCUT2D eigenvalue weighted by Gasteiger charge is -2.21. The Morgan fingerprint density at radius 1 is 1.58 bits per heavy atom. The lowest BCUT2D eigenvalue weighted by molar-refractivity contribution is -0.146. The predicted octanol–water partition coefficient (Wildman–Crippen LogP) is 2.94. The van der Waals surface area contributed by atoms with Crippen molar-refractivity contribution in [2.24, 2.45) is 5.41 Å². The van der Waals surface area contributed by atoms with Crippen molar-refractivity contribution in [2.45, 2.75) is 26.7 Å². The van der Waals surface area contributed by atoms with Gasteiger partial charge in [-0.3, -0.25) is 4.79 Å². The van der Waals surface area contributed by atoms with Crippen LogP contribution in [0.1, 0.15) is 25.0 Å². The van der Waals surface area contributed by atoms with Crippen LogP contribution in [0.4, 0.5) is 0 Å². The number of carboxylic acid groups (broad SMARTS) is 1. The van der Waals surface area contributed by atoms with Crippen LogP contribution in [0.2, 0.25) is 5.02 Å². The number of rotatable bonds is 4. The van der Waals surface area contributed by atoms with Crippen molar-refractivity contribution < 1.29 is 19.4 Å². The maximum atomic E-state index is 11.2. The summed E-state index contributed by atoms with van der Waals surface area (Å²) in [7, 11) is 1.57. The van der Waals surface area contributed by atoms with Crippen LogP contribution in [-0.2, 0) is 17.6 Å². The van der Waals surface area contributed by atoms with Crippen molar-refractivity contribution in [2.75, 3.05) is 13.7 Å². The Labute approximate surface area is 117 Å². The van der Waals surface area contributed by atoms with Crippen LogP contribution in [0.3, 0.4) is 0 Å². The SMILES string of the molecule is COc1cc(CC(C)(C)C(=O)O)c(Cl)c2c1OCC2. The van der Waals surface area contributed by atoms with E-state index in [1.165, 1.54) is 0 Å². The molecule has 5 heteroatoms. The topological polar surface area (TPSA) is 55.8 Å². The molecule has 0 radical (unpaired) electrons. The molecule has 2 rings (SSSR count). The summed E-state index contributed by atoms with van der Waals surface area (Å²) in [6, 6.07) is 1.77. The fourth-order valence-electron chi connectivity index (χ4n) is 2.20. The van der Waals surface area contributed by atoms with Crippen LogP contribution < -0.4 is 9.47 Å². The minimum atomic E-state index is -0.873. The zero-order valence-electron chi connectivity index (χ0n) is 11.2. The van der Waals surface area contributed by atoms with Gasteiger partial charge in [-0.25, -0.2) is 0 Å². The summed E-state index contributed by atoms with van der Waals surface area (Å²) < 4.78 is 10.8. The number of fused-ring (bicyclic) bond motifs is 1. The molecule has 4 nitrogen and oxygen atoms in total. The van der Waals surface area contributed by atoms with Gasteiger partial charge in [0.1, 0.15) is 0 Å². The van der Waals surface area contributed by atoms with Crippen LogP contribution in [0.25, 0.3) is 0 Å². The van der Waals surface area contributed by atoms with Gasteiger partial charge in [-0.1, -0.05) is 11.6 Å². The minimum absolute atomic E-state index is 0.352. The molecule has 0 atom stereocenters. The molecule has 1 N–H and O–H groups in total. The van der Waals surface area contributed by atoms with Crippen molar-refractivity contribution in [3.05, 3.63) is 22.2 Å². The summed E-state index contributed by atoms with van der Waals surface area (Å²) in [5.41, 5.74) is 0.829. The van der Waals surface area contributed by atoms with E-state index >= 15 is 0 Å². The summed E-state index contributed by atoms with van der Waals surface area (Å²) in [5, 5.41) is 9.81. The van der Waals surface area contributed by atoms with Gasteiger partial charge in [0.25, 0.3) is 0 Å². The molecule has 0 bridgehead atoms. The van der Waals surface area contributed by atoms with Gasteiger partial charge >= 0.3 is 5.97 Å². The third-order valence-corrected chi connectivity index (χ3v) is 3.85. The van der Waals surface area contributed by atoms with Gasteiger partial charge in [-0.2, -0.15) is 0 Å². The molecule has 0 aromatic heterocycles. The van der Waals surface area contributed by atoms with Crippen molar-refractivity contribution in [1.82, 2.24) is 0 Å². The van der Waals surface area contributed by atoms with E-state index in [9.17, 15) is 9.90 Å². The number of ether oxygens (including phenoxy) is 2. The number of methoxy groups -OCH3 is 1. The Hall–Kier alpha value is -1.42. The zero-order chi connectivity index (χ0) is 14.2. The van der Waals surface area contributed by atoms with Gasteiger partial charge < -0.3 is 14.6 Å². The first kappa shape index (κ1) is 14.0. The highest BCUT2D eigenvalue weighted by molar-refractivity contribution is 6.32. The van der Waals surface area contributed by atoms with Crippen molar-refractivity contribution in [3.8, 4) is 11.5 Å². The standard InChI is InChI=1S/C14H17ClO4/c1-14(2,13(16)17)7-8-6-10(18-3)12-9(11(8)15)4-5-19-12/h6H,4-5,7H2,1-3H3,(H,16,17). The summed E-state index contributed by atoms with van der Waals surface area (Å²) in [5.74, 6) is 0.455. The maximum Gasteiger partial charge on any atom is 0.309 e. The Morgan fingerprint density at radius 3 is 2.84 bits per heavy atom. The van der Waals surface area contributed by atoms with Crippen molar-refractivity contribution >= 4 is 17.6 Å². The molecule has 1 aliphatic heterocycles. The van der Waals surface area contributed by atoms with E-state index in [0.717, 1.165) is 17.5 Å². The summed E-state index contributed by atoms with van der Waals surface area (Å²) in [6.07, 6.45) is 1.08. The van der Waals surface area contributed by atoms with E-state index in [4.69, 9.17) is 21.1 Å². The molecular formula is C14H17ClO4. The van der Waals surface area contributed by atoms with E-state index in [1.54, 1.807) is 27.0 Å². The number of hydrogen-bond acceptors (Lipinski definition) is 3. The Balaban J connectivity index is 2.45. The monoisotopic (exact) mass is 284 g/mol. The second kappa shape index (κ2) is 4.93. The third-order valence-electron chi connectivity index (χ3n) is 3.38. The molecule has 0 saturated heterocycles. The molecule has 1 aromatic carbocycles. The van der Waals surface area contributed by atoms with Crippen LogP contribution in [-0.4, -0.2) is 24.8 Å². The Morgan fingerprint density at radius 2 is 2.26 bits per heavy atom. The van der Waals surface area contributed by atoms with Gasteiger partial charge in [0, 0.05) is 12.0 Å². The summed E-state index contributed by atoms with van der Waals surface area (Å²) in [6.45, 7) is 3.95. The van der Waals surface area contributed by atoms with Crippen molar-refractivity contribution in [3.63, 3.8) is 0 Å². The molecule has 1 aromatic rings. The molecule has 0 spiro atoms. The number of halogens is 1. The highest BCUT2D eigenvalue weighted by Gasteiger charge is 2.31. The lowest BCUT2D eigenvalue weighted by Crippen LogP contribution is -2.26. The molecule has 0 fully saturated rings. The van der Waals surface area contributed by atoms with E-state index < -0.39 is 11.4 Å². The Bertz CT molecular complexity index is 523. The molecule has 0 saturated carbocycles. The van der Waals surface area contributed by atoms with Gasteiger partial charge in [-0.05, 0) is 31.9 Å². The first-order valence-corrected chi connectivity index (χ1v) is 6.49. The minimum Gasteiger partial charge on any atom is -0.493 e. The number of hydrogen-bond donors (Lipinski definition) is 1. The predicted molar refractivity (Wildman–Crippen MR) is 72.3 cm³/mol. The molecule has 0 unspecified atom stereocenters. The van der Waals surface area contributed by atoms with Gasteiger partial charge in [0.2, 0.25) is 0 Å². The second-order valence-electron chi connectivity index (χ2n) is 5.32. The van der Waals surface area contributed by atoms with E-state index in [-0.39, 0.29) is 0 Å². The molecule has 0 amide bonds. The molecule has 1 heterocycles. The molecule has 19 heavy (non-hydrogen) atoms. The number of aliphatic carboxylic acids is 1. The Kier molecular flexibility index (Phi) is 3.63. The molecule has 1 aliphatic rings. The summed E-state index contributed by atoms with van der Waals surface area (Å²) in [4.78, 5) is 11.2. The fraction of sp³-hybridized carbons (Fsp3) is 0.500. The van der Waals surface area contributed by atoms with Crippen molar-refractivity contribution in [1.29, 1.82) is 0 Å². The molecular weight excluding hydrogens is 268 g/mol. The average Bonchev–Trinajstić information content (AvgIpc) is 2.81. The normalized spacial score (nSPS) is 13.9. The van der Waals surface area contributed by atoms with E-state index in [2.05, 4.69) is 0 Å². The number of carbonyl (C=O) groups is 1. The zero-order valence-corrected chi connectivity index (χ0v) is 12.0. The first-order valence-electron chi connectivity index (χ1n) is 6.11. The van der Waals surface area contributed by atoms with Gasteiger partial charge in [-0.15, -0.1) is 0 Å². The number of carboxylic acids is 1. The largest absolute Gasteiger partial charge is 0.493 e. The fourth-order valence-corrected chi connectivity index (χ4v) is 2.50. The van der Waals surface area contributed by atoms with Crippen LogP contribution in [0.15, 0.2) is 6.07 Å². The van der Waals surface area contributed by atoms with Crippen LogP contribution in [0, 0.1) is 5.41 Å². The van der Waals surface area contributed by atoms with E-state index in [1.807, 2.05) is 0 Å². The number of benzene rings is 1. The summed E-state index contributed by atoms with van der Waals surface area (Å²) >= 11 is 6.37. The smallest absolute Gasteiger partial charge is 0.309 e. The van der Waals surface area contributed by atoms with Crippen LogP contribution >= 0.6 is 11.6 Å². The lowest BCUT2D eigenvalue weighted by atomic mass is 9.85. The van der Waals surface area contributed by atoms with Gasteiger partial charge in [0.05, 0.1) is 24.2 Å². The highest BCUT2D eigenvalue weighted by Crippen LogP contribution is 2.43. The molecule has 104 valence electrons.